The predicted molar refractivity (Wildman–Crippen MR) is 109 cm³/mol. The third kappa shape index (κ3) is 5.38. The zero-order valence-electron chi connectivity index (χ0n) is 16.5. The molecule has 0 unspecified atom stereocenters. The second kappa shape index (κ2) is 9.60. The molecular formula is C22H26F2N4O. The molecule has 3 rings (SSSR count). The zero-order valence-corrected chi connectivity index (χ0v) is 16.5. The zero-order chi connectivity index (χ0) is 20.8. The number of carbonyl (C=O) groups is 1. The van der Waals surface area contributed by atoms with Crippen LogP contribution in [0.25, 0.3) is 11.0 Å². The van der Waals surface area contributed by atoms with Crippen molar-refractivity contribution in [2.24, 2.45) is 5.73 Å². The Labute approximate surface area is 168 Å². The van der Waals surface area contributed by atoms with Gasteiger partial charge in [-0.3, -0.25) is 4.79 Å². The third-order valence-corrected chi connectivity index (χ3v) is 4.87. The van der Waals surface area contributed by atoms with Gasteiger partial charge in [0.2, 0.25) is 5.91 Å². The molecule has 5 nitrogen and oxygen atoms in total. The molecule has 0 saturated heterocycles. The van der Waals surface area contributed by atoms with Crippen LogP contribution in [-0.4, -0.2) is 22.0 Å². The molecule has 7 heteroatoms. The first-order valence-electron chi connectivity index (χ1n) is 9.89. The molecule has 1 amide bonds. The molecule has 0 radical (unpaired) electrons. The van der Waals surface area contributed by atoms with E-state index in [1.165, 1.54) is 12.1 Å². The minimum atomic E-state index is -0.580. The van der Waals surface area contributed by atoms with Crippen molar-refractivity contribution >= 4 is 16.9 Å². The number of fused-ring (bicyclic) bond motifs is 1. The van der Waals surface area contributed by atoms with Gasteiger partial charge in [0.05, 0.1) is 24.1 Å². The van der Waals surface area contributed by atoms with Crippen molar-refractivity contribution in [1.29, 1.82) is 0 Å². The quantitative estimate of drug-likeness (QED) is 0.510. The standard InChI is InChI=1S/C22H26F2N4O/c1-2-3-4-9-28-20-11-15(10-16-6-7-17(23)12-18(16)24)5-8-19(20)27-22(28)14-26-13-21(25)29/h5-8,11-12,26H,2-4,9-10,13-14H2,1H3,(H2,25,29). The number of nitrogens with zero attached hydrogens (tertiary/aromatic N) is 2. The first-order valence-corrected chi connectivity index (χ1v) is 9.89. The number of halogens is 2. The molecule has 0 bridgehead atoms. The van der Waals surface area contributed by atoms with Crippen molar-refractivity contribution in [3.05, 3.63) is 65.0 Å². The molecule has 154 valence electrons. The molecule has 2 aromatic carbocycles. The molecule has 3 N–H and O–H groups in total. The molecule has 0 saturated carbocycles. The van der Waals surface area contributed by atoms with Crippen LogP contribution in [0.2, 0.25) is 0 Å². The molecule has 29 heavy (non-hydrogen) atoms. The third-order valence-electron chi connectivity index (χ3n) is 4.87. The maximum atomic E-state index is 14.0. The Balaban J connectivity index is 1.89. The highest BCUT2D eigenvalue weighted by Gasteiger charge is 2.13. The van der Waals surface area contributed by atoms with Crippen LogP contribution in [-0.2, 0) is 24.3 Å². The fourth-order valence-electron chi connectivity index (χ4n) is 3.41. The topological polar surface area (TPSA) is 72.9 Å². The number of amides is 1. The second-order valence-corrected chi connectivity index (χ2v) is 7.19. The number of aryl methyl sites for hydroxylation is 1. The van der Waals surface area contributed by atoms with E-state index < -0.39 is 17.5 Å². The lowest BCUT2D eigenvalue weighted by Gasteiger charge is -2.10. The first-order chi connectivity index (χ1) is 14.0. The van der Waals surface area contributed by atoms with Gasteiger partial charge in [0.1, 0.15) is 17.5 Å². The van der Waals surface area contributed by atoms with E-state index in [1.807, 2.05) is 18.2 Å². The van der Waals surface area contributed by atoms with Gasteiger partial charge in [-0.15, -0.1) is 0 Å². The molecule has 3 aromatic rings. The fourth-order valence-corrected chi connectivity index (χ4v) is 3.41. The van der Waals surface area contributed by atoms with Gasteiger partial charge in [0.15, 0.2) is 0 Å². The number of nitrogens with two attached hydrogens (primary N) is 1. The summed E-state index contributed by atoms with van der Waals surface area (Å²) in [5.41, 5.74) is 8.39. The Morgan fingerprint density at radius 1 is 1.17 bits per heavy atom. The molecule has 0 atom stereocenters. The SMILES string of the molecule is CCCCCn1c(CNCC(N)=O)nc2ccc(Cc3ccc(F)cc3F)cc21. The number of primary amides is 1. The van der Waals surface area contributed by atoms with Crippen molar-refractivity contribution in [2.75, 3.05) is 6.54 Å². The number of unbranched alkanes of at least 4 members (excludes halogenated alkanes) is 2. The van der Waals surface area contributed by atoms with E-state index in [4.69, 9.17) is 10.7 Å². The molecule has 1 aromatic heterocycles. The summed E-state index contributed by atoms with van der Waals surface area (Å²) < 4.78 is 29.3. The summed E-state index contributed by atoms with van der Waals surface area (Å²) >= 11 is 0. The average Bonchev–Trinajstić information content (AvgIpc) is 3.01. The van der Waals surface area contributed by atoms with E-state index in [-0.39, 0.29) is 6.54 Å². The van der Waals surface area contributed by atoms with E-state index in [1.54, 1.807) is 0 Å². The van der Waals surface area contributed by atoms with Crippen molar-refractivity contribution in [3.63, 3.8) is 0 Å². The number of imidazole rings is 1. The van der Waals surface area contributed by atoms with E-state index in [0.717, 1.165) is 54.3 Å². The predicted octanol–water partition coefficient (Wildman–Crippen LogP) is 3.67. The van der Waals surface area contributed by atoms with E-state index in [9.17, 15) is 13.6 Å². The van der Waals surface area contributed by atoms with Gasteiger partial charge >= 0.3 is 0 Å². The van der Waals surface area contributed by atoms with Gasteiger partial charge in [0, 0.05) is 19.0 Å². The first kappa shape index (κ1) is 20.9. The lowest BCUT2D eigenvalue weighted by Crippen LogP contribution is -2.29. The highest BCUT2D eigenvalue weighted by Crippen LogP contribution is 2.22. The number of aromatic nitrogens is 2. The lowest BCUT2D eigenvalue weighted by atomic mass is 10.0. The highest BCUT2D eigenvalue weighted by atomic mass is 19.1. The Kier molecular flexibility index (Phi) is 6.93. The number of nitrogens with one attached hydrogen (secondary N) is 1. The van der Waals surface area contributed by atoms with E-state index in [0.29, 0.717) is 18.5 Å². The van der Waals surface area contributed by atoms with Crippen molar-refractivity contribution in [1.82, 2.24) is 14.9 Å². The summed E-state index contributed by atoms with van der Waals surface area (Å²) in [6, 6.07) is 9.50. The van der Waals surface area contributed by atoms with Gasteiger partial charge in [-0.25, -0.2) is 13.8 Å². The summed E-state index contributed by atoms with van der Waals surface area (Å²) in [4.78, 5) is 15.7. The Hall–Kier alpha value is -2.80. The van der Waals surface area contributed by atoms with Crippen molar-refractivity contribution in [3.8, 4) is 0 Å². The van der Waals surface area contributed by atoms with Crippen LogP contribution in [0.15, 0.2) is 36.4 Å². The lowest BCUT2D eigenvalue weighted by molar-refractivity contribution is -0.117. The Bertz CT molecular complexity index is 1000. The molecule has 0 fully saturated rings. The molecule has 0 aliphatic carbocycles. The van der Waals surface area contributed by atoms with Gasteiger partial charge in [-0.1, -0.05) is 31.9 Å². The Morgan fingerprint density at radius 3 is 2.72 bits per heavy atom. The number of carbonyl (C=O) groups excluding carboxylic acids is 1. The fraction of sp³-hybridized carbons (Fsp3) is 0.364. The van der Waals surface area contributed by atoms with Crippen LogP contribution >= 0.6 is 0 Å². The molecule has 0 aliphatic heterocycles. The number of hydrogen-bond donors (Lipinski definition) is 2. The molecule has 0 spiro atoms. The summed E-state index contributed by atoms with van der Waals surface area (Å²) in [6.07, 6.45) is 3.60. The normalized spacial score (nSPS) is 11.3. The summed E-state index contributed by atoms with van der Waals surface area (Å²) in [5, 5.41) is 3.02. The van der Waals surface area contributed by atoms with Gasteiger partial charge in [0.25, 0.3) is 0 Å². The van der Waals surface area contributed by atoms with Gasteiger partial charge < -0.3 is 15.6 Å². The maximum Gasteiger partial charge on any atom is 0.231 e. The van der Waals surface area contributed by atoms with Gasteiger partial charge in [-0.05, 0) is 35.7 Å². The smallest absolute Gasteiger partial charge is 0.231 e. The number of hydrogen-bond acceptors (Lipinski definition) is 3. The maximum absolute atomic E-state index is 14.0. The minimum Gasteiger partial charge on any atom is -0.369 e. The van der Waals surface area contributed by atoms with E-state index in [2.05, 4.69) is 16.8 Å². The molecule has 0 aliphatic rings. The van der Waals surface area contributed by atoms with Crippen molar-refractivity contribution in [2.45, 2.75) is 45.7 Å². The summed E-state index contributed by atoms with van der Waals surface area (Å²) in [6.45, 7) is 3.49. The van der Waals surface area contributed by atoms with Crippen LogP contribution in [0.3, 0.4) is 0 Å². The number of rotatable bonds is 10. The van der Waals surface area contributed by atoms with Crippen molar-refractivity contribution < 1.29 is 13.6 Å². The monoisotopic (exact) mass is 400 g/mol. The van der Waals surface area contributed by atoms with E-state index >= 15 is 0 Å². The summed E-state index contributed by atoms with van der Waals surface area (Å²) in [7, 11) is 0. The largest absolute Gasteiger partial charge is 0.369 e. The van der Waals surface area contributed by atoms with Crippen LogP contribution in [0, 0.1) is 11.6 Å². The number of benzene rings is 2. The van der Waals surface area contributed by atoms with Crippen LogP contribution in [0.1, 0.15) is 43.1 Å². The van der Waals surface area contributed by atoms with Crippen LogP contribution in [0.4, 0.5) is 8.78 Å². The second-order valence-electron chi connectivity index (χ2n) is 7.19. The Morgan fingerprint density at radius 2 is 2.00 bits per heavy atom. The molecule has 1 heterocycles. The highest BCUT2D eigenvalue weighted by molar-refractivity contribution is 5.77. The minimum absolute atomic E-state index is 0.0905. The average molecular weight is 400 g/mol. The van der Waals surface area contributed by atoms with Gasteiger partial charge in [-0.2, -0.15) is 0 Å². The van der Waals surface area contributed by atoms with Crippen LogP contribution < -0.4 is 11.1 Å². The van der Waals surface area contributed by atoms with Crippen LogP contribution in [0.5, 0.6) is 0 Å². The molecular weight excluding hydrogens is 374 g/mol. The summed E-state index contributed by atoms with van der Waals surface area (Å²) in [5.74, 6) is -0.702.